The van der Waals surface area contributed by atoms with E-state index in [1.807, 2.05) is 12.1 Å². The standard InChI is InChI=1S/C12H14Cl3NO2.ClH/c13-5-7-16(8-6-14)10-1-3-11(4-2-10)18-9-12(15)17;/h1-4H,5-9H2;1H. The van der Waals surface area contributed by atoms with Crippen molar-refractivity contribution in [1.29, 1.82) is 0 Å². The molecule has 1 aromatic carbocycles. The third-order valence-electron chi connectivity index (χ3n) is 2.26. The number of benzene rings is 1. The highest BCUT2D eigenvalue weighted by Crippen LogP contribution is 2.19. The molecule has 0 saturated heterocycles. The molecule has 0 unspecified atom stereocenters. The fraction of sp³-hybridized carbons (Fsp3) is 0.417. The predicted octanol–water partition coefficient (Wildman–Crippen LogP) is 3.54. The molecule has 0 aliphatic rings. The first-order valence-electron chi connectivity index (χ1n) is 5.45. The van der Waals surface area contributed by atoms with Gasteiger partial charge in [-0.25, -0.2) is 0 Å². The predicted molar refractivity (Wildman–Crippen MR) is 83.7 cm³/mol. The summed E-state index contributed by atoms with van der Waals surface area (Å²) in [5.74, 6) is 1.68. The molecule has 108 valence electrons. The summed E-state index contributed by atoms with van der Waals surface area (Å²) in [5, 5.41) is -0.523. The van der Waals surface area contributed by atoms with E-state index in [2.05, 4.69) is 4.90 Å². The van der Waals surface area contributed by atoms with Crippen molar-refractivity contribution in [3.63, 3.8) is 0 Å². The summed E-state index contributed by atoms with van der Waals surface area (Å²) >= 11 is 16.7. The highest BCUT2D eigenvalue weighted by atomic mass is 35.5. The first-order valence-corrected chi connectivity index (χ1v) is 6.90. The fourth-order valence-electron chi connectivity index (χ4n) is 1.47. The van der Waals surface area contributed by atoms with Crippen molar-refractivity contribution in [2.45, 2.75) is 0 Å². The van der Waals surface area contributed by atoms with Gasteiger partial charge in [0, 0.05) is 30.5 Å². The Kier molecular flexibility index (Phi) is 10.2. The second-order valence-electron chi connectivity index (χ2n) is 3.50. The summed E-state index contributed by atoms with van der Waals surface area (Å²) in [4.78, 5) is 12.6. The van der Waals surface area contributed by atoms with Crippen molar-refractivity contribution in [2.75, 3.05) is 36.4 Å². The molecule has 1 aromatic rings. The number of carbonyl (C=O) groups excluding carboxylic acids is 1. The van der Waals surface area contributed by atoms with Gasteiger partial charge in [0.1, 0.15) is 5.75 Å². The molecule has 0 aliphatic carbocycles. The second-order valence-corrected chi connectivity index (χ2v) is 4.68. The Morgan fingerprint density at radius 3 is 2.05 bits per heavy atom. The third kappa shape index (κ3) is 7.11. The third-order valence-corrected chi connectivity index (χ3v) is 2.71. The minimum absolute atomic E-state index is 0. The number of alkyl halides is 2. The molecule has 3 nitrogen and oxygen atoms in total. The van der Waals surface area contributed by atoms with Gasteiger partial charge in [0.2, 0.25) is 0 Å². The average Bonchev–Trinajstić information content (AvgIpc) is 2.37. The smallest absolute Gasteiger partial charge is 0.259 e. The zero-order valence-corrected chi connectivity index (χ0v) is 13.2. The summed E-state index contributed by atoms with van der Waals surface area (Å²) in [6.07, 6.45) is 0. The van der Waals surface area contributed by atoms with Crippen molar-refractivity contribution in [3.8, 4) is 5.75 Å². The lowest BCUT2D eigenvalue weighted by molar-refractivity contribution is -0.113. The summed E-state index contributed by atoms with van der Waals surface area (Å²) in [7, 11) is 0. The Labute approximate surface area is 134 Å². The molecule has 0 aromatic heterocycles. The molecule has 0 bridgehead atoms. The molecule has 0 amide bonds. The first-order chi connectivity index (χ1) is 8.67. The SMILES string of the molecule is Cl.O=C(Cl)COc1ccc(N(CCCl)CCCl)cc1. The number of anilines is 1. The number of hydrogen-bond acceptors (Lipinski definition) is 3. The van der Waals surface area contributed by atoms with Crippen LogP contribution in [0.25, 0.3) is 0 Å². The summed E-state index contributed by atoms with van der Waals surface area (Å²) in [6.45, 7) is 1.33. The lowest BCUT2D eigenvalue weighted by Gasteiger charge is -2.22. The zero-order chi connectivity index (χ0) is 13.4. The van der Waals surface area contributed by atoms with Crippen molar-refractivity contribution < 1.29 is 9.53 Å². The Balaban J connectivity index is 0.00000324. The lowest BCUT2D eigenvalue weighted by atomic mass is 10.2. The number of ether oxygens (including phenoxy) is 1. The van der Waals surface area contributed by atoms with E-state index in [-0.39, 0.29) is 19.0 Å². The van der Waals surface area contributed by atoms with E-state index < -0.39 is 5.24 Å². The number of carbonyl (C=O) groups is 1. The van der Waals surface area contributed by atoms with E-state index in [1.165, 1.54) is 0 Å². The van der Waals surface area contributed by atoms with Gasteiger partial charge in [-0.1, -0.05) is 0 Å². The van der Waals surface area contributed by atoms with Crippen LogP contribution in [0.1, 0.15) is 0 Å². The number of rotatable bonds is 8. The molecule has 0 fully saturated rings. The van der Waals surface area contributed by atoms with Gasteiger partial charge in [-0.15, -0.1) is 35.6 Å². The minimum Gasteiger partial charge on any atom is -0.484 e. The van der Waals surface area contributed by atoms with Crippen LogP contribution in [-0.4, -0.2) is 36.7 Å². The van der Waals surface area contributed by atoms with Gasteiger partial charge < -0.3 is 9.64 Å². The van der Waals surface area contributed by atoms with Gasteiger partial charge in [0.15, 0.2) is 6.61 Å². The van der Waals surface area contributed by atoms with Crippen LogP contribution >= 0.6 is 47.2 Å². The highest BCUT2D eigenvalue weighted by Gasteiger charge is 2.05. The van der Waals surface area contributed by atoms with E-state index in [1.54, 1.807) is 12.1 Å². The van der Waals surface area contributed by atoms with E-state index in [0.29, 0.717) is 17.5 Å². The molecule has 0 aliphatic heterocycles. The quantitative estimate of drug-likeness (QED) is 0.532. The molecule has 0 spiro atoms. The molecule has 0 heterocycles. The van der Waals surface area contributed by atoms with Crippen LogP contribution in [0.15, 0.2) is 24.3 Å². The average molecular weight is 347 g/mol. The largest absolute Gasteiger partial charge is 0.484 e. The molecule has 0 radical (unpaired) electrons. The highest BCUT2D eigenvalue weighted by molar-refractivity contribution is 6.63. The molecule has 1 rings (SSSR count). The summed E-state index contributed by atoms with van der Waals surface area (Å²) < 4.78 is 5.17. The minimum atomic E-state index is -0.523. The monoisotopic (exact) mass is 345 g/mol. The Hall–Kier alpha value is -0.350. The van der Waals surface area contributed by atoms with Crippen molar-refractivity contribution in [1.82, 2.24) is 0 Å². The topological polar surface area (TPSA) is 29.5 Å². The molecule has 0 saturated carbocycles. The van der Waals surface area contributed by atoms with Gasteiger partial charge in [0.05, 0.1) is 0 Å². The Morgan fingerprint density at radius 1 is 1.11 bits per heavy atom. The van der Waals surface area contributed by atoms with Gasteiger partial charge in [0.25, 0.3) is 5.24 Å². The summed E-state index contributed by atoms with van der Waals surface area (Å²) in [6, 6.07) is 7.36. The number of halogens is 4. The molecule has 0 atom stereocenters. The van der Waals surface area contributed by atoms with Gasteiger partial charge in [-0.2, -0.15) is 0 Å². The van der Waals surface area contributed by atoms with Gasteiger partial charge >= 0.3 is 0 Å². The van der Waals surface area contributed by atoms with Gasteiger partial charge in [-0.05, 0) is 35.9 Å². The molecule has 7 heteroatoms. The van der Waals surface area contributed by atoms with Crippen LogP contribution in [0.3, 0.4) is 0 Å². The summed E-state index contributed by atoms with van der Waals surface area (Å²) in [5.41, 5.74) is 1.01. The second kappa shape index (κ2) is 10.4. The van der Waals surface area contributed by atoms with Crippen molar-refractivity contribution >= 4 is 58.1 Å². The van der Waals surface area contributed by atoms with Crippen LogP contribution in [-0.2, 0) is 4.79 Å². The van der Waals surface area contributed by atoms with Gasteiger partial charge in [-0.3, -0.25) is 4.79 Å². The maximum Gasteiger partial charge on any atom is 0.259 e. The maximum absolute atomic E-state index is 10.6. The lowest BCUT2D eigenvalue weighted by Crippen LogP contribution is -2.27. The van der Waals surface area contributed by atoms with E-state index in [0.717, 1.165) is 18.8 Å². The molecule has 19 heavy (non-hydrogen) atoms. The molecular weight excluding hydrogens is 332 g/mol. The van der Waals surface area contributed by atoms with Crippen LogP contribution in [0.5, 0.6) is 5.75 Å². The Bertz CT molecular complexity index is 366. The van der Waals surface area contributed by atoms with E-state index in [4.69, 9.17) is 39.5 Å². The number of nitrogens with zero attached hydrogens (tertiary/aromatic N) is 1. The Morgan fingerprint density at radius 2 is 1.63 bits per heavy atom. The van der Waals surface area contributed by atoms with Crippen LogP contribution in [0.2, 0.25) is 0 Å². The van der Waals surface area contributed by atoms with Crippen LogP contribution < -0.4 is 9.64 Å². The first kappa shape index (κ1) is 18.7. The molecule has 0 N–H and O–H groups in total. The number of hydrogen-bond donors (Lipinski definition) is 0. The van der Waals surface area contributed by atoms with E-state index in [9.17, 15) is 4.79 Å². The fourth-order valence-corrected chi connectivity index (χ4v) is 1.93. The van der Waals surface area contributed by atoms with Crippen molar-refractivity contribution in [2.24, 2.45) is 0 Å². The van der Waals surface area contributed by atoms with Crippen LogP contribution in [0.4, 0.5) is 5.69 Å². The zero-order valence-electron chi connectivity index (χ0n) is 10.2. The van der Waals surface area contributed by atoms with E-state index >= 15 is 0 Å². The molecular formula is C12H15Cl4NO2. The van der Waals surface area contributed by atoms with Crippen molar-refractivity contribution in [3.05, 3.63) is 24.3 Å². The van der Waals surface area contributed by atoms with Crippen LogP contribution in [0, 0.1) is 0 Å². The normalized spacial score (nSPS) is 9.63. The maximum atomic E-state index is 10.6.